The number of likely N-dealkylation sites (tertiary alicyclic amines) is 1. The number of hydrogen-bond acceptors (Lipinski definition) is 3. The van der Waals surface area contributed by atoms with Gasteiger partial charge in [-0.25, -0.2) is 0 Å². The quantitative estimate of drug-likeness (QED) is 0.917. The number of anilines is 1. The average Bonchev–Trinajstić information content (AvgIpc) is 2.92. The van der Waals surface area contributed by atoms with Crippen molar-refractivity contribution in [3.8, 4) is 0 Å². The highest BCUT2D eigenvalue weighted by molar-refractivity contribution is 6.30. The Morgan fingerprint density at radius 1 is 1.32 bits per heavy atom. The van der Waals surface area contributed by atoms with Crippen LogP contribution >= 0.6 is 11.6 Å². The Bertz CT molecular complexity index is 593. The van der Waals surface area contributed by atoms with Crippen molar-refractivity contribution in [2.24, 2.45) is 13.0 Å². The van der Waals surface area contributed by atoms with Gasteiger partial charge in [-0.1, -0.05) is 11.6 Å². The summed E-state index contributed by atoms with van der Waals surface area (Å²) in [6, 6.07) is 7.94. The smallest absolute Gasteiger partial charge is 0.0534 e. The highest BCUT2D eigenvalue weighted by atomic mass is 35.5. The van der Waals surface area contributed by atoms with E-state index in [1.807, 2.05) is 42.2 Å². The van der Waals surface area contributed by atoms with E-state index in [0.29, 0.717) is 5.92 Å². The maximum Gasteiger partial charge on any atom is 0.0534 e. The van der Waals surface area contributed by atoms with Crippen molar-refractivity contribution >= 4 is 17.3 Å². The van der Waals surface area contributed by atoms with Gasteiger partial charge in [-0.3, -0.25) is 9.58 Å². The summed E-state index contributed by atoms with van der Waals surface area (Å²) in [5.41, 5.74) is 2.45. The minimum Gasteiger partial charge on any atom is -0.385 e. The molecule has 22 heavy (non-hydrogen) atoms. The molecule has 2 aromatic rings. The van der Waals surface area contributed by atoms with Crippen LogP contribution < -0.4 is 5.32 Å². The van der Waals surface area contributed by atoms with Crippen LogP contribution in [-0.4, -0.2) is 34.3 Å². The molecule has 0 saturated carbocycles. The number of nitrogens with zero attached hydrogens (tertiary/aromatic N) is 3. The monoisotopic (exact) mass is 318 g/mol. The van der Waals surface area contributed by atoms with Gasteiger partial charge in [-0.05, 0) is 49.6 Å². The van der Waals surface area contributed by atoms with Gasteiger partial charge in [0, 0.05) is 49.2 Å². The largest absolute Gasteiger partial charge is 0.385 e. The number of aryl methyl sites for hydroxylation is 1. The molecule has 1 atom stereocenters. The highest BCUT2D eigenvalue weighted by Crippen LogP contribution is 2.20. The van der Waals surface area contributed by atoms with Crippen molar-refractivity contribution in [2.75, 3.05) is 25.0 Å². The van der Waals surface area contributed by atoms with Gasteiger partial charge in [0.15, 0.2) is 0 Å². The third-order valence-corrected chi connectivity index (χ3v) is 4.46. The summed E-state index contributed by atoms with van der Waals surface area (Å²) in [4.78, 5) is 2.54. The molecular formula is C17H23ClN4. The lowest BCUT2D eigenvalue weighted by molar-refractivity contribution is 0.173. The van der Waals surface area contributed by atoms with Gasteiger partial charge in [0.2, 0.25) is 0 Å². The number of benzene rings is 1. The van der Waals surface area contributed by atoms with Gasteiger partial charge in [0.05, 0.1) is 6.20 Å². The van der Waals surface area contributed by atoms with Gasteiger partial charge in [0.1, 0.15) is 0 Å². The van der Waals surface area contributed by atoms with Crippen LogP contribution in [0.5, 0.6) is 0 Å². The molecule has 1 aromatic carbocycles. The van der Waals surface area contributed by atoms with Gasteiger partial charge >= 0.3 is 0 Å². The first kappa shape index (κ1) is 15.4. The summed E-state index contributed by atoms with van der Waals surface area (Å²) in [5, 5.41) is 8.56. The predicted octanol–water partition coefficient (Wildman–Crippen LogP) is 3.40. The van der Waals surface area contributed by atoms with Crippen LogP contribution in [0.2, 0.25) is 5.02 Å². The van der Waals surface area contributed by atoms with E-state index in [-0.39, 0.29) is 0 Å². The Balaban J connectivity index is 1.49. The summed E-state index contributed by atoms with van der Waals surface area (Å²) in [7, 11) is 1.97. The second-order valence-corrected chi connectivity index (χ2v) is 6.59. The maximum atomic E-state index is 5.92. The molecule has 0 aliphatic carbocycles. The molecule has 1 N–H and O–H groups in total. The van der Waals surface area contributed by atoms with E-state index < -0.39 is 0 Å². The van der Waals surface area contributed by atoms with E-state index in [0.717, 1.165) is 30.3 Å². The van der Waals surface area contributed by atoms with Crippen molar-refractivity contribution < 1.29 is 0 Å². The van der Waals surface area contributed by atoms with Crippen molar-refractivity contribution in [3.05, 3.63) is 47.2 Å². The Labute approximate surface area is 137 Å². The Morgan fingerprint density at radius 3 is 2.86 bits per heavy atom. The molecule has 1 aliphatic rings. The number of nitrogens with one attached hydrogen (secondary N) is 1. The minimum absolute atomic E-state index is 0.695. The van der Waals surface area contributed by atoms with Crippen molar-refractivity contribution in [1.29, 1.82) is 0 Å². The molecular weight excluding hydrogens is 296 g/mol. The average molecular weight is 319 g/mol. The van der Waals surface area contributed by atoms with Crippen molar-refractivity contribution in [3.63, 3.8) is 0 Å². The second kappa shape index (κ2) is 7.16. The Kier molecular flexibility index (Phi) is 5.01. The fourth-order valence-corrected chi connectivity index (χ4v) is 3.23. The van der Waals surface area contributed by atoms with E-state index in [2.05, 4.69) is 21.5 Å². The Morgan fingerprint density at radius 2 is 2.14 bits per heavy atom. The molecule has 1 unspecified atom stereocenters. The van der Waals surface area contributed by atoms with E-state index >= 15 is 0 Å². The number of hydrogen-bond donors (Lipinski definition) is 1. The third kappa shape index (κ3) is 4.24. The zero-order valence-electron chi connectivity index (χ0n) is 13.0. The highest BCUT2D eigenvalue weighted by Gasteiger charge is 2.20. The van der Waals surface area contributed by atoms with E-state index in [9.17, 15) is 0 Å². The van der Waals surface area contributed by atoms with Crippen molar-refractivity contribution in [2.45, 2.75) is 19.4 Å². The van der Waals surface area contributed by atoms with E-state index in [1.165, 1.54) is 24.9 Å². The first-order valence-corrected chi connectivity index (χ1v) is 8.26. The third-order valence-electron chi connectivity index (χ3n) is 4.21. The van der Waals surface area contributed by atoms with E-state index in [4.69, 9.17) is 11.6 Å². The van der Waals surface area contributed by atoms with Gasteiger partial charge < -0.3 is 5.32 Å². The molecule has 3 rings (SSSR count). The number of rotatable bonds is 5. The molecule has 1 aliphatic heterocycles. The van der Waals surface area contributed by atoms with Crippen LogP contribution in [0.25, 0.3) is 0 Å². The lowest BCUT2D eigenvalue weighted by Gasteiger charge is -2.32. The van der Waals surface area contributed by atoms with Crippen LogP contribution in [0.4, 0.5) is 5.69 Å². The summed E-state index contributed by atoms with van der Waals surface area (Å²) in [6.07, 6.45) is 6.64. The van der Waals surface area contributed by atoms with Crippen LogP contribution in [0.15, 0.2) is 36.7 Å². The summed E-state index contributed by atoms with van der Waals surface area (Å²) < 4.78 is 1.87. The van der Waals surface area contributed by atoms with Gasteiger partial charge in [-0.2, -0.15) is 5.10 Å². The first-order chi connectivity index (χ1) is 10.7. The molecule has 0 bridgehead atoms. The summed E-state index contributed by atoms with van der Waals surface area (Å²) in [5.74, 6) is 0.695. The fraction of sp³-hybridized carbons (Fsp3) is 0.471. The lowest BCUT2D eigenvalue weighted by atomic mass is 9.97. The molecule has 5 heteroatoms. The number of halogens is 1. The van der Waals surface area contributed by atoms with Gasteiger partial charge in [-0.15, -0.1) is 0 Å². The fourth-order valence-electron chi connectivity index (χ4n) is 3.10. The predicted molar refractivity (Wildman–Crippen MR) is 91.2 cm³/mol. The molecule has 4 nitrogen and oxygen atoms in total. The van der Waals surface area contributed by atoms with Crippen LogP contribution in [0.1, 0.15) is 18.4 Å². The molecule has 0 amide bonds. The number of aromatic nitrogens is 2. The maximum absolute atomic E-state index is 5.92. The SMILES string of the molecule is Cn1cc(CN2CCCC(CNc3ccc(Cl)cc3)C2)cn1. The zero-order valence-corrected chi connectivity index (χ0v) is 13.8. The second-order valence-electron chi connectivity index (χ2n) is 6.15. The molecule has 1 aromatic heterocycles. The lowest BCUT2D eigenvalue weighted by Crippen LogP contribution is -2.37. The van der Waals surface area contributed by atoms with Crippen LogP contribution in [-0.2, 0) is 13.6 Å². The number of piperidine rings is 1. The molecule has 1 fully saturated rings. The zero-order chi connectivity index (χ0) is 15.4. The molecule has 0 radical (unpaired) electrons. The first-order valence-electron chi connectivity index (χ1n) is 7.88. The normalized spacial score (nSPS) is 19.3. The standard InChI is InChI=1S/C17H23ClN4/c1-21-11-15(10-20-21)13-22-8-2-3-14(12-22)9-19-17-6-4-16(18)5-7-17/h4-7,10-11,14,19H,2-3,8-9,12-13H2,1H3. The Hall–Kier alpha value is -1.52. The topological polar surface area (TPSA) is 33.1 Å². The van der Waals surface area contributed by atoms with Crippen LogP contribution in [0.3, 0.4) is 0 Å². The molecule has 118 valence electrons. The van der Waals surface area contributed by atoms with Crippen LogP contribution in [0, 0.1) is 5.92 Å². The minimum atomic E-state index is 0.695. The molecule has 1 saturated heterocycles. The van der Waals surface area contributed by atoms with Crippen molar-refractivity contribution in [1.82, 2.24) is 14.7 Å². The summed E-state index contributed by atoms with van der Waals surface area (Å²) in [6.45, 7) is 4.36. The van der Waals surface area contributed by atoms with E-state index in [1.54, 1.807) is 0 Å². The van der Waals surface area contributed by atoms with Gasteiger partial charge in [0.25, 0.3) is 0 Å². The molecule has 2 heterocycles. The summed E-state index contributed by atoms with van der Waals surface area (Å²) >= 11 is 5.92. The molecule has 0 spiro atoms.